The highest BCUT2D eigenvalue weighted by Crippen LogP contribution is 2.30. The van der Waals surface area contributed by atoms with Gasteiger partial charge in [-0.25, -0.2) is 4.98 Å². The second-order valence-electron chi connectivity index (χ2n) is 3.97. The third kappa shape index (κ3) is 2.78. The van der Waals surface area contributed by atoms with E-state index in [0.717, 1.165) is 5.56 Å². The fourth-order valence-corrected chi connectivity index (χ4v) is 1.58. The van der Waals surface area contributed by atoms with Crippen LogP contribution < -0.4 is 15.2 Å². The van der Waals surface area contributed by atoms with Crippen molar-refractivity contribution in [1.82, 2.24) is 4.98 Å². The molecular weight excluding hydrogens is 228 g/mol. The number of rotatable bonds is 4. The van der Waals surface area contributed by atoms with Crippen LogP contribution >= 0.6 is 0 Å². The fraction of sp³-hybridized carbons (Fsp3) is 0.214. The van der Waals surface area contributed by atoms with Gasteiger partial charge in [-0.2, -0.15) is 0 Å². The van der Waals surface area contributed by atoms with Gasteiger partial charge < -0.3 is 15.2 Å². The molecule has 0 radical (unpaired) electrons. The van der Waals surface area contributed by atoms with Crippen LogP contribution in [0.15, 0.2) is 42.6 Å². The molecule has 0 aliphatic heterocycles. The van der Waals surface area contributed by atoms with Crippen LogP contribution in [-0.4, -0.2) is 12.1 Å². The Morgan fingerprint density at radius 2 is 1.89 bits per heavy atom. The Morgan fingerprint density at radius 3 is 2.56 bits per heavy atom. The third-order valence-corrected chi connectivity index (χ3v) is 2.57. The summed E-state index contributed by atoms with van der Waals surface area (Å²) in [7, 11) is 1.61. The summed E-state index contributed by atoms with van der Waals surface area (Å²) in [5, 5.41) is 0. The summed E-state index contributed by atoms with van der Waals surface area (Å²) in [5.74, 6) is 1.81. The molecule has 1 aromatic heterocycles. The number of hydrogen-bond acceptors (Lipinski definition) is 4. The van der Waals surface area contributed by atoms with E-state index in [0.29, 0.717) is 17.4 Å². The van der Waals surface area contributed by atoms with E-state index in [2.05, 4.69) is 4.98 Å². The van der Waals surface area contributed by atoms with Crippen molar-refractivity contribution in [2.75, 3.05) is 7.11 Å². The first kappa shape index (κ1) is 12.4. The average molecular weight is 244 g/mol. The van der Waals surface area contributed by atoms with Gasteiger partial charge in [0.15, 0.2) is 11.5 Å². The van der Waals surface area contributed by atoms with Gasteiger partial charge in [-0.3, -0.25) is 0 Å². The summed E-state index contributed by atoms with van der Waals surface area (Å²) in [6.45, 7) is 1.92. The number of aromatic nitrogens is 1. The maximum absolute atomic E-state index is 5.82. The van der Waals surface area contributed by atoms with Gasteiger partial charge in [-0.05, 0) is 30.7 Å². The molecule has 1 aromatic carbocycles. The van der Waals surface area contributed by atoms with E-state index in [9.17, 15) is 0 Å². The van der Waals surface area contributed by atoms with E-state index >= 15 is 0 Å². The molecule has 0 saturated carbocycles. The molecule has 2 rings (SSSR count). The molecule has 0 amide bonds. The molecular formula is C14H16N2O2. The summed E-state index contributed by atoms with van der Waals surface area (Å²) in [6.07, 6.45) is 1.68. The van der Waals surface area contributed by atoms with Crippen molar-refractivity contribution in [3.05, 3.63) is 48.2 Å². The quantitative estimate of drug-likeness (QED) is 0.898. The molecule has 0 unspecified atom stereocenters. The largest absolute Gasteiger partial charge is 0.493 e. The van der Waals surface area contributed by atoms with Crippen LogP contribution in [0.5, 0.6) is 17.4 Å². The van der Waals surface area contributed by atoms with Crippen molar-refractivity contribution < 1.29 is 9.47 Å². The fourth-order valence-electron chi connectivity index (χ4n) is 1.58. The van der Waals surface area contributed by atoms with Crippen LogP contribution in [0.3, 0.4) is 0 Å². The lowest BCUT2D eigenvalue weighted by molar-refractivity contribution is 0.374. The number of nitrogens with two attached hydrogens (primary N) is 1. The van der Waals surface area contributed by atoms with Crippen molar-refractivity contribution in [2.45, 2.75) is 13.0 Å². The molecule has 1 heterocycles. The molecule has 0 saturated heterocycles. The molecule has 4 nitrogen and oxygen atoms in total. The highest BCUT2D eigenvalue weighted by atomic mass is 16.5. The Kier molecular flexibility index (Phi) is 3.79. The van der Waals surface area contributed by atoms with Crippen molar-refractivity contribution in [1.29, 1.82) is 0 Å². The second kappa shape index (κ2) is 5.51. The van der Waals surface area contributed by atoms with Gasteiger partial charge in [0.1, 0.15) is 0 Å². The van der Waals surface area contributed by atoms with E-state index in [1.165, 1.54) is 0 Å². The van der Waals surface area contributed by atoms with Gasteiger partial charge in [-0.15, -0.1) is 0 Å². The second-order valence-corrected chi connectivity index (χ2v) is 3.97. The Balaban J connectivity index is 2.25. The van der Waals surface area contributed by atoms with Crippen LogP contribution in [0.2, 0.25) is 0 Å². The monoisotopic (exact) mass is 244 g/mol. The lowest BCUT2D eigenvalue weighted by Gasteiger charge is -2.11. The van der Waals surface area contributed by atoms with E-state index in [1.54, 1.807) is 13.3 Å². The van der Waals surface area contributed by atoms with Gasteiger partial charge in [0.25, 0.3) is 0 Å². The maximum Gasteiger partial charge on any atom is 0.219 e. The number of pyridine rings is 1. The normalized spacial score (nSPS) is 11.9. The summed E-state index contributed by atoms with van der Waals surface area (Å²) in [4.78, 5) is 4.16. The first-order valence-corrected chi connectivity index (χ1v) is 5.73. The summed E-state index contributed by atoms with van der Waals surface area (Å²) < 4.78 is 10.9. The van der Waals surface area contributed by atoms with E-state index in [4.69, 9.17) is 15.2 Å². The number of nitrogens with zero attached hydrogens (tertiary/aromatic N) is 1. The zero-order valence-corrected chi connectivity index (χ0v) is 10.5. The highest BCUT2D eigenvalue weighted by Gasteiger charge is 2.07. The summed E-state index contributed by atoms with van der Waals surface area (Å²) >= 11 is 0. The molecule has 0 bridgehead atoms. The minimum atomic E-state index is -0.0481. The molecule has 2 aromatic rings. The van der Waals surface area contributed by atoms with Gasteiger partial charge in [0.05, 0.1) is 7.11 Å². The Labute approximate surface area is 106 Å². The highest BCUT2D eigenvalue weighted by molar-refractivity contribution is 5.41. The molecule has 0 spiro atoms. The average Bonchev–Trinajstić information content (AvgIpc) is 2.39. The predicted molar refractivity (Wildman–Crippen MR) is 69.9 cm³/mol. The molecule has 0 aliphatic carbocycles. The van der Waals surface area contributed by atoms with Crippen LogP contribution in [0.4, 0.5) is 0 Å². The molecule has 18 heavy (non-hydrogen) atoms. The van der Waals surface area contributed by atoms with Gasteiger partial charge in [0.2, 0.25) is 5.88 Å². The number of methoxy groups -OCH3 is 1. The van der Waals surface area contributed by atoms with Gasteiger partial charge >= 0.3 is 0 Å². The minimum Gasteiger partial charge on any atom is -0.493 e. The lowest BCUT2D eigenvalue weighted by atomic mass is 10.1. The Hall–Kier alpha value is -2.07. The lowest BCUT2D eigenvalue weighted by Crippen LogP contribution is -2.05. The Morgan fingerprint density at radius 1 is 1.17 bits per heavy atom. The summed E-state index contributed by atoms with van der Waals surface area (Å²) in [5.41, 5.74) is 6.81. The third-order valence-electron chi connectivity index (χ3n) is 2.57. The first-order valence-electron chi connectivity index (χ1n) is 5.73. The predicted octanol–water partition coefficient (Wildman–Crippen LogP) is 2.90. The van der Waals surface area contributed by atoms with E-state index in [1.807, 2.05) is 43.3 Å². The van der Waals surface area contributed by atoms with Crippen molar-refractivity contribution in [3.63, 3.8) is 0 Å². The molecule has 1 atom stereocenters. The van der Waals surface area contributed by atoms with Crippen LogP contribution in [0.1, 0.15) is 18.5 Å². The Bertz CT molecular complexity index is 527. The van der Waals surface area contributed by atoms with Crippen LogP contribution in [-0.2, 0) is 0 Å². The van der Waals surface area contributed by atoms with Gasteiger partial charge in [0, 0.05) is 18.3 Å². The molecule has 0 fully saturated rings. The van der Waals surface area contributed by atoms with E-state index < -0.39 is 0 Å². The number of hydrogen-bond donors (Lipinski definition) is 1. The SMILES string of the molecule is COc1ccccc1Oc1cc([C@H](C)N)ccn1. The smallest absolute Gasteiger partial charge is 0.219 e. The van der Waals surface area contributed by atoms with Gasteiger partial charge in [-0.1, -0.05) is 12.1 Å². The topological polar surface area (TPSA) is 57.4 Å². The standard InChI is InChI=1S/C14H16N2O2/c1-10(15)11-7-8-16-14(9-11)18-13-6-4-3-5-12(13)17-2/h3-10H,15H2,1-2H3/t10-/m0/s1. The van der Waals surface area contributed by atoms with Crippen molar-refractivity contribution in [2.24, 2.45) is 5.73 Å². The van der Waals surface area contributed by atoms with E-state index in [-0.39, 0.29) is 6.04 Å². The maximum atomic E-state index is 5.82. The van der Waals surface area contributed by atoms with Crippen LogP contribution in [0.25, 0.3) is 0 Å². The first-order chi connectivity index (χ1) is 8.70. The zero-order chi connectivity index (χ0) is 13.0. The molecule has 94 valence electrons. The zero-order valence-electron chi connectivity index (χ0n) is 10.5. The van der Waals surface area contributed by atoms with Crippen LogP contribution in [0, 0.1) is 0 Å². The molecule has 2 N–H and O–H groups in total. The number of ether oxygens (including phenoxy) is 2. The van der Waals surface area contributed by atoms with Crippen molar-refractivity contribution in [3.8, 4) is 17.4 Å². The molecule has 4 heteroatoms. The molecule has 0 aliphatic rings. The number of benzene rings is 1. The number of para-hydroxylation sites is 2. The summed E-state index contributed by atoms with van der Waals surface area (Å²) in [6, 6.07) is 11.1. The minimum absolute atomic E-state index is 0.0481. The van der Waals surface area contributed by atoms with Crippen molar-refractivity contribution >= 4 is 0 Å².